The minimum atomic E-state index is -4.41. The Morgan fingerprint density at radius 2 is 1.88 bits per heavy atom. The van der Waals surface area contributed by atoms with Crippen molar-refractivity contribution in [2.75, 3.05) is 6.61 Å². The number of nitrogens with zero attached hydrogens (tertiary/aromatic N) is 1. The van der Waals surface area contributed by atoms with E-state index < -0.39 is 17.7 Å². The highest BCUT2D eigenvalue weighted by atomic mass is 19.4. The van der Waals surface area contributed by atoms with Crippen molar-refractivity contribution in [3.8, 4) is 0 Å². The molecular weight excluding hydrogens is 343 g/mol. The molecule has 1 aromatic heterocycles. The van der Waals surface area contributed by atoms with Gasteiger partial charge in [0.2, 0.25) is 0 Å². The molecule has 0 aliphatic heterocycles. The van der Waals surface area contributed by atoms with Crippen LogP contribution in [0.15, 0.2) is 48.5 Å². The van der Waals surface area contributed by atoms with Gasteiger partial charge in [0.1, 0.15) is 5.69 Å². The summed E-state index contributed by atoms with van der Waals surface area (Å²) in [5.41, 5.74) is 1.88. The lowest BCUT2D eigenvalue weighted by Crippen LogP contribution is -2.13. The second-order valence-electron chi connectivity index (χ2n) is 6.10. The number of esters is 1. The third-order valence-electron chi connectivity index (χ3n) is 4.14. The highest BCUT2D eigenvalue weighted by Gasteiger charge is 2.30. The number of alkyl halides is 3. The Morgan fingerprint density at radius 1 is 1.12 bits per heavy atom. The van der Waals surface area contributed by atoms with Gasteiger partial charge >= 0.3 is 12.1 Å². The van der Waals surface area contributed by atoms with E-state index in [-0.39, 0.29) is 13.2 Å². The molecular formula is C20H18F3NO2. The minimum Gasteiger partial charge on any atom is -0.461 e. The topological polar surface area (TPSA) is 31.2 Å². The number of hydrogen-bond acceptors (Lipinski definition) is 2. The third kappa shape index (κ3) is 3.59. The lowest BCUT2D eigenvalue weighted by atomic mass is 10.1. The molecule has 0 aliphatic carbocycles. The summed E-state index contributed by atoms with van der Waals surface area (Å²) in [6, 6.07) is 12.5. The molecule has 3 aromatic rings. The van der Waals surface area contributed by atoms with Gasteiger partial charge in [-0.1, -0.05) is 23.8 Å². The highest BCUT2D eigenvalue weighted by molar-refractivity contribution is 5.96. The molecule has 1 heterocycles. The Hall–Kier alpha value is -2.76. The summed E-state index contributed by atoms with van der Waals surface area (Å²) in [5.74, 6) is -0.492. The first kappa shape index (κ1) is 18.0. The maximum atomic E-state index is 13.0. The lowest BCUT2D eigenvalue weighted by molar-refractivity contribution is -0.137. The second kappa shape index (κ2) is 6.86. The van der Waals surface area contributed by atoms with Gasteiger partial charge < -0.3 is 9.30 Å². The summed E-state index contributed by atoms with van der Waals surface area (Å²) >= 11 is 0. The number of carbonyl (C=O) groups excluding carboxylic acids is 1. The zero-order valence-corrected chi connectivity index (χ0v) is 14.4. The van der Waals surface area contributed by atoms with Gasteiger partial charge in [-0.25, -0.2) is 4.79 Å². The summed E-state index contributed by atoms with van der Waals surface area (Å²) in [5, 5.41) is 0.847. The molecule has 3 rings (SSSR count). The molecule has 0 spiro atoms. The largest absolute Gasteiger partial charge is 0.461 e. The molecule has 0 saturated heterocycles. The zero-order chi connectivity index (χ0) is 18.9. The molecule has 0 bridgehead atoms. The molecule has 0 fully saturated rings. The standard InChI is InChI=1S/C20H18F3NO2/c1-3-26-19(25)18-11-15-9-13(2)7-8-17(15)24(18)12-14-5-4-6-16(10-14)20(21,22)23/h4-11H,3,12H2,1-2H3. The average Bonchev–Trinajstić information content (AvgIpc) is 2.92. The molecule has 6 heteroatoms. The number of aryl methyl sites for hydroxylation is 1. The fourth-order valence-electron chi connectivity index (χ4n) is 2.96. The number of benzene rings is 2. The van der Waals surface area contributed by atoms with Crippen LogP contribution >= 0.6 is 0 Å². The SMILES string of the molecule is CCOC(=O)c1cc2cc(C)ccc2n1Cc1cccc(C(F)(F)F)c1. The van der Waals surface area contributed by atoms with E-state index in [0.717, 1.165) is 28.6 Å². The summed E-state index contributed by atoms with van der Waals surface area (Å²) < 4.78 is 45.7. The van der Waals surface area contributed by atoms with Crippen molar-refractivity contribution < 1.29 is 22.7 Å². The van der Waals surface area contributed by atoms with Gasteiger partial charge in [-0.05, 0) is 49.7 Å². The van der Waals surface area contributed by atoms with E-state index in [2.05, 4.69) is 0 Å². The van der Waals surface area contributed by atoms with Gasteiger partial charge in [-0.2, -0.15) is 13.2 Å². The van der Waals surface area contributed by atoms with Gasteiger partial charge in [0.05, 0.1) is 12.2 Å². The Balaban J connectivity index is 2.09. The van der Waals surface area contributed by atoms with E-state index in [4.69, 9.17) is 4.74 Å². The monoisotopic (exact) mass is 361 g/mol. The Labute approximate surface area is 149 Å². The number of halogens is 3. The summed E-state index contributed by atoms with van der Waals surface area (Å²) in [7, 11) is 0. The molecule has 0 atom stereocenters. The fraction of sp³-hybridized carbons (Fsp3) is 0.250. The van der Waals surface area contributed by atoms with E-state index in [0.29, 0.717) is 11.3 Å². The lowest BCUT2D eigenvalue weighted by Gasteiger charge is -2.12. The zero-order valence-electron chi connectivity index (χ0n) is 14.4. The predicted molar refractivity (Wildman–Crippen MR) is 93.2 cm³/mol. The Kier molecular flexibility index (Phi) is 4.76. The van der Waals surface area contributed by atoms with Crippen molar-refractivity contribution in [1.82, 2.24) is 4.57 Å². The molecule has 3 nitrogen and oxygen atoms in total. The van der Waals surface area contributed by atoms with Crippen molar-refractivity contribution in [1.29, 1.82) is 0 Å². The van der Waals surface area contributed by atoms with E-state index >= 15 is 0 Å². The van der Waals surface area contributed by atoms with Crippen LogP contribution in [0.4, 0.5) is 13.2 Å². The van der Waals surface area contributed by atoms with Gasteiger partial charge in [0, 0.05) is 17.4 Å². The molecule has 0 amide bonds. The number of rotatable bonds is 4. The molecule has 0 aliphatic rings. The van der Waals surface area contributed by atoms with Crippen molar-refractivity contribution in [2.24, 2.45) is 0 Å². The number of carbonyl (C=O) groups is 1. The second-order valence-corrected chi connectivity index (χ2v) is 6.10. The van der Waals surface area contributed by atoms with Crippen LogP contribution in [0.5, 0.6) is 0 Å². The van der Waals surface area contributed by atoms with E-state index in [1.54, 1.807) is 23.6 Å². The van der Waals surface area contributed by atoms with Crippen LogP contribution in [0.3, 0.4) is 0 Å². The maximum Gasteiger partial charge on any atom is 0.416 e. The molecule has 0 saturated carbocycles. The van der Waals surface area contributed by atoms with Crippen LogP contribution in [0.25, 0.3) is 10.9 Å². The van der Waals surface area contributed by atoms with Crippen molar-refractivity contribution in [2.45, 2.75) is 26.6 Å². The van der Waals surface area contributed by atoms with Crippen LogP contribution in [0.1, 0.15) is 34.1 Å². The van der Waals surface area contributed by atoms with Crippen LogP contribution in [-0.2, 0) is 17.5 Å². The molecule has 0 unspecified atom stereocenters. The molecule has 0 N–H and O–H groups in total. The normalized spacial score (nSPS) is 11.7. The first-order valence-electron chi connectivity index (χ1n) is 8.22. The first-order valence-corrected chi connectivity index (χ1v) is 8.22. The van der Waals surface area contributed by atoms with E-state index in [1.165, 1.54) is 6.07 Å². The van der Waals surface area contributed by atoms with E-state index in [9.17, 15) is 18.0 Å². The van der Waals surface area contributed by atoms with Crippen molar-refractivity contribution in [3.05, 3.63) is 70.9 Å². The minimum absolute atomic E-state index is 0.143. The van der Waals surface area contributed by atoms with Crippen molar-refractivity contribution in [3.63, 3.8) is 0 Å². The van der Waals surface area contributed by atoms with Crippen LogP contribution in [0, 0.1) is 6.92 Å². The number of ether oxygens (including phenoxy) is 1. The maximum absolute atomic E-state index is 13.0. The molecule has 26 heavy (non-hydrogen) atoms. The predicted octanol–water partition coefficient (Wildman–Crippen LogP) is 5.19. The van der Waals surface area contributed by atoms with Gasteiger partial charge in [0.25, 0.3) is 0 Å². The summed E-state index contributed by atoms with van der Waals surface area (Å²) in [4.78, 5) is 12.3. The average molecular weight is 361 g/mol. The van der Waals surface area contributed by atoms with E-state index in [1.807, 2.05) is 25.1 Å². The molecule has 2 aromatic carbocycles. The summed E-state index contributed by atoms with van der Waals surface area (Å²) in [6.45, 7) is 4.02. The summed E-state index contributed by atoms with van der Waals surface area (Å²) in [6.07, 6.45) is -4.41. The highest BCUT2D eigenvalue weighted by Crippen LogP contribution is 2.30. The quantitative estimate of drug-likeness (QED) is 0.599. The number of fused-ring (bicyclic) bond motifs is 1. The smallest absolute Gasteiger partial charge is 0.416 e. The Bertz CT molecular complexity index is 957. The fourth-order valence-corrected chi connectivity index (χ4v) is 2.96. The van der Waals surface area contributed by atoms with Gasteiger partial charge in [-0.3, -0.25) is 0 Å². The third-order valence-corrected chi connectivity index (χ3v) is 4.14. The molecule has 0 radical (unpaired) electrons. The Morgan fingerprint density at radius 3 is 2.58 bits per heavy atom. The van der Waals surface area contributed by atoms with Crippen LogP contribution in [0.2, 0.25) is 0 Å². The van der Waals surface area contributed by atoms with Gasteiger partial charge in [-0.15, -0.1) is 0 Å². The first-order chi connectivity index (χ1) is 12.3. The number of aromatic nitrogens is 1. The van der Waals surface area contributed by atoms with Crippen molar-refractivity contribution >= 4 is 16.9 Å². The number of hydrogen-bond donors (Lipinski definition) is 0. The molecule has 136 valence electrons. The van der Waals surface area contributed by atoms with Gasteiger partial charge in [0.15, 0.2) is 0 Å². The van der Waals surface area contributed by atoms with Crippen LogP contribution < -0.4 is 0 Å². The van der Waals surface area contributed by atoms with Crippen LogP contribution in [-0.4, -0.2) is 17.1 Å².